The first-order valence-corrected chi connectivity index (χ1v) is 6.42. The maximum atomic E-state index is 11.7. The number of likely N-dealkylation sites (N-methyl/N-ethyl adjacent to an activating group) is 1. The fraction of sp³-hybridized carbons (Fsp3) is 0.462. The monoisotopic (exact) mass is 268 g/mol. The van der Waals surface area contributed by atoms with Gasteiger partial charge in [0.15, 0.2) is 0 Å². The van der Waals surface area contributed by atoms with Crippen LogP contribution in [-0.2, 0) is 11.3 Å². The van der Waals surface area contributed by atoms with Crippen LogP contribution in [0.1, 0.15) is 18.4 Å². The van der Waals surface area contributed by atoms with E-state index in [1.165, 1.54) is 0 Å². The average Bonchev–Trinajstić information content (AvgIpc) is 2.81. The molecule has 18 heavy (non-hydrogen) atoms. The molecule has 1 fully saturated rings. The number of hydrogen-bond acceptors (Lipinski definition) is 3. The number of rotatable bonds is 3. The van der Waals surface area contributed by atoms with Gasteiger partial charge in [0.1, 0.15) is 5.75 Å². The van der Waals surface area contributed by atoms with E-state index in [0.29, 0.717) is 11.6 Å². The molecule has 1 aliphatic rings. The topological polar surface area (TPSA) is 52.6 Å². The zero-order valence-corrected chi connectivity index (χ0v) is 11.1. The highest BCUT2D eigenvalue weighted by Crippen LogP contribution is 2.26. The van der Waals surface area contributed by atoms with Crippen LogP contribution in [0.25, 0.3) is 0 Å². The first-order valence-electron chi connectivity index (χ1n) is 6.05. The lowest BCUT2D eigenvalue weighted by molar-refractivity contribution is -0.125. The molecular formula is C13H17ClN2O2. The highest BCUT2D eigenvalue weighted by molar-refractivity contribution is 6.30. The Kier molecular flexibility index (Phi) is 4.09. The molecule has 1 aliphatic heterocycles. The van der Waals surface area contributed by atoms with Crippen LogP contribution in [0, 0.1) is 0 Å². The molecule has 1 atom stereocenters. The van der Waals surface area contributed by atoms with E-state index in [9.17, 15) is 9.90 Å². The Hall–Kier alpha value is -1.26. The molecule has 1 aromatic carbocycles. The largest absolute Gasteiger partial charge is 0.508 e. The molecule has 0 saturated carbocycles. The fourth-order valence-electron chi connectivity index (χ4n) is 2.38. The lowest BCUT2D eigenvalue weighted by atomic mass is 10.1. The van der Waals surface area contributed by atoms with Crippen molar-refractivity contribution in [3.63, 3.8) is 0 Å². The second-order valence-corrected chi connectivity index (χ2v) is 4.95. The molecule has 0 aliphatic carbocycles. The fourth-order valence-corrected chi connectivity index (χ4v) is 2.57. The minimum atomic E-state index is -0.103. The van der Waals surface area contributed by atoms with Crippen LogP contribution < -0.4 is 5.32 Å². The van der Waals surface area contributed by atoms with Crippen LogP contribution in [0.3, 0.4) is 0 Å². The van der Waals surface area contributed by atoms with Gasteiger partial charge in [-0.2, -0.15) is 0 Å². The Labute approximate surface area is 112 Å². The summed E-state index contributed by atoms with van der Waals surface area (Å²) < 4.78 is 0. The number of benzene rings is 1. The number of nitrogens with zero attached hydrogens (tertiary/aromatic N) is 1. The first kappa shape index (κ1) is 13.2. The summed E-state index contributed by atoms with van der Waals surface area (Å²) >= 11 is 5.92. The molecule has 98 valence electrons. The third kappa shape index (κ3) is 2.76. The summed E-state index contributed by atoms with van der Waals surface area (Å²) in [5.74, 6) is 0.260. The number of nitrogens with one attached hydrogen (secondary N) is 1. The molecule has 4 nitrogen and oxygen atoms in total. The Morgan fingerprint density at radius 2 is 2.39 bits per heavy atom. The van der Waals surface area contributed by atoms with Gasteiger partial charge in [0.05, 0.1) is 6.04 Å². The van der Waals surface area contributed by atoms with E-state index in [2.05, 4.69) is 10.2 Å². The quantitative estimate of drug-likeness (QED) is 0.878. The molecule has 1 amide bonds. The summed E-state index contributed by atoms with van der Waals surface area (Å²) in [5.41, 5.74) is 0.762. The second kappa shape index (κ2) is 5.59. The van der Waals surface area contributed by atoms with Crippen LogP contribution in [0.2, 0.25) is 5.02 Å². The van der Waals surface area contributed by atoms with Crippen LogP contribution in [0.4, 0.5) is 0 Å². The maximum Gasteiger partial charge on any atom is 0.237 e. The van der Waals surface area contributed by atoms with Gasteiger partial charge in [0.2, 0.25) is 5.91 Å². The minimum absolute atomic E-state index is 0.0361. The van der Waals surface area contributed by atoms with E-state index in [1.54, 1.807) is 25.2 Å². The van der Waals surface area contributed by atoms with E-state index in [1.807, 2.05) is 0 Å². The van der Waals surface area contributed by atoms with Gasteiger partial charge in [-0.3, -0.25) is 9.69 Å². The third-order valence-corrected chi connectivity index (χ3v) is 3.56. The smallest absolute Gasteiger partial charge is 0.237 e. The van der Waals surface area contributed by atoms with Crippen molar-refractivity contribution in [2.24, 2.45) is 0 Å². The van der Waals surface area contributed by atoms with Gasteiger partial charge in [-0.25, -0.2) is 0 Å². The van der Waals surface area contributed by atoms with Crippen LogP contribution in [0.5, 0.6) is 5.75 Å². The number of phenolic OH excluding ortho intramolecular Hbond substituents is 1. The molecule has 0 aromatic heterocycles. The molecule has 1 saturated heterocycles. The predicted molar refractivity (Wildman–Crippen MR) is 70.6 cm³/mol. The van der Waals surface area contributed by atoms with E-state index in [0.717, 1.165) is 24.9 Å². The highest BCUT2D eigenvalue weighted by Gasteiger charge is 2.30. The Morgan fingerprint density at radius 1 is 1.61 bits per heavy atom. The van der Waals surface area contributed by atoms with Crippen LogP contribution >= 0.6 is 11.6 Å². The number of amides is 1. The van der Waals surface area contributed by atoms with E-state index < -0.39 is 0 Å². The second-order valence-electron chi connectivity index (χ2n) is 4.52. The van der Waals surface area contributed by atoms with Gasteiger partial charge < -0.3 is 10.4 Å². The molecule has 0 spiro atoms. The van der Waals surface area contributed by atoms with Gasteiger partial charge in [-0.05, 0) is 37.6 Å². The van der Waals surface area contributed by atoms with Gasteiger partial charge >= 0.3 is 0 Å². The van der Waals surface area contributed by atoms with Crippen molar-refractivity contribution in [2.75, 3.05) is 13.6 Å². The van der Waals surface area contributed by atoms with E-state index >= 15 is 0 Å². The van der Waals surface area contributed by atoms with Crippen molar-refractivity contribution in [1.82, 2.24) is 10.2 Å². The van der Waals surface area contributed by atoms with Crippen molar-refractivity contribution in [3.05, 3.63) is 28.8 Å². The number of likely N-dealkylation sites (tertiary alicyclic amines) is 1. The molecular weight excluding hydrogens is 252 g/mol. The van der Waals surface area contributed by atoms with Crippen LogP contribution in [0.15, 0.2) is 18.2 Å². The Morgan fingerprint density at radius 3 is 3.11 bits per heavy atom. The highest BCUT2D eigenvalue weighted by atomic mass is 35.5. The van der Waals surface area contributed by atoms with Crippen LogP contribution in [-0.4, -0.2) is 35.5 Å². The summed E-state index contributed by atoms with van der Waals surface area (Å²) in [6, 6.07) is 4.88. The summed E-state index contributed by atoms with van der Waals surface area (Å²) in [6.45, 7) is 1.41. The molecule has 2 rings (SSSR count). The Balaban J connectivity index is 2.13. The molecule has 0 radical (unpaired) electrons. The summed E-state index contributed by atoms with van der Waals surface area (Å²) in [6.07, 6.45) is 1.86. The number of carbonyl (C=O) groups excluding carboxylic acids is 1. The summed E-state index contributed by atoms with van der Waals surface area (Å²) in [7, 11) is 1.65. The zero-order valence-electron chi connectivity index (χ0n) is 10.3. The minimum Gasteiger partial charge on any atom is -0.508 e. The van der Waals surface area contributed by atoms with E-state index in [-0.39, 0.29) is 17.7 Å². The van der Waals surface area contributed by atoms with Gasteiger partial charge in [-0.1, -0.05) is 11.6 Å². The van der Waals surface area contributed by atoms with Crippen molar-refractivity contribution in [1.29, 1.82) is 0 Å². The maximum absolute atomic E-state index is 11.7. The number of aromatic hydroxyl groups is 1. The molecule has 5 heteroatoms. The molecule has 1 heterocycles. The summed E-state index contributed by atoms with van der Waals surface area (Å²) in [5, 5.41) is 13.1. The molecule has 2 N–H and O–H groups in total. The Bertz CT molecular complexity index is 451. The molecule has 0 bridgehead atoms. The average molecular weight is 269 g/mol. The SMILES string of the molecule is CNC(=O)C1CCCN1Cc1cc(Cl)ccc1O. The number of hydrogen-bond donors (Lipinski definition) is 2. The van der Waals surface area contributed by atoms with Crippen molar-refractivity contribution < 1.29 is 9.90 Å². The van der Waals surface area contributed by atoms with Crippen molar-refractivity contribution in [2.45, 2.75) is 25.4 Å². The van der Waals surface area contributed by atoms with Crippen molar-refractivity contribution in [3.8, 4) is 5.75 Å². The third-order valence-electron chi connectivity index (χ3n) is 3.33. The number of halogens is 1. The number of phenols is 1. The molecule has 1 unspecified atom stereocenters. The van der Waals surface area contributed by atoms with E-state index in [4.69, 9.17) is 11.6 Å². The zero-order chi connectivity index (χ0) is 13.1. The first-order chi connectivity index (χ1) is 8.61. The van der Waals surface area contributed by atoms with Crippen molar-refractivity contribution >= 4 is 17.5 Å². The molecule has 1 aromatic rings. The predicted octanol–water partition coefficient (Wildman–Crippen LogP) is 1.76. The van der Waals surface area contributed by atoms with Gasteiger partial charge in [0, 0.05) is 24.2 Å². The van der Waals surface area contributed by atoms with Gasteiger partial charge in [-0.15, -0.1) is 0 Å². The lowest BCUT2D eigenvalue weighted by Crippen LogP contribution is -2.41. The number of carbonyl (C=O) groups is 1. The lowest BCUT2D eigenvalue weighted by Gasteiger charge is -2.23. The summed E-state index contributed by atoms with van der Waals surface area (Å²) in [4.78, 5) is 13.8. The van der Waals surface area contributed by atoms with Gasteiger partial charge in [0.25, 0.3) is 0 Å². The normalized spacial score (nSPS) is 20.0. The standard InChI is InChI=1S/C13H17ClN2O2/c1-15-13(18)11-3-2-6-16(11)8-9-7-10(14)4-5-12(9)17/h4-5,7,11,17H,2-3,6,8H2,1H3,(H,15,18).